The lowest BCUT2D eigenvalue weighted by Gasteiger charge is -2.44. The molecule has 2 amide bonds. The first kappa shape index (κ1) is 27.0. The summed E-state index contributed by atoms with van der Waals surface area (Å²) in [5, 5.41) is 9.26. The monoisotopic (exact) mass is 558 g/mol. The average Bonchev–Trinajstić information content (AvgIpc) is 3.19. The van der Waals surface area contributed by atoms with Gasteiger partial charge in [0.25, 0.3) is 5.91 Å². The van der Waals surface area contributed by atoms with Crippen LogP contribution in [0.1, 0.15) is 12.8 Å². The van der Waals surface area contributed by atoms with E-state index in [1.54, 1.807) is 0 Å². The largest absolute Gasteiger partial charge is 0.447 e. The number of halogens is 2. The quantitative estimate of drug-likeness (QED) is 0.282. The van der Waals surface area contributed by atoms with Crippen LogP contribution in [0.5, 0.6) is 11.6 Å². The molecule has 4 rings (SSSR count). The Hall–Kier alpha value is -3.04. The Morgan fingerprint density at radius 1 is 1.24 bits per heavy atom. The number of methoxy groups -OCH3 is 1. The van der Waals surface area contributed by atoms with E-state index in [0.717, 1.165) is 16.6 Å². The van der Waals surface area contributed by atoms with Gasteiger partial charge in [0.15, 0.2) is 0 Å². The lowest BCUT2D eigenvalue weighted by atomic mass is 10.1. The number of ether oxygens (including phenoxy) is 3. The number of hydrogen-bond donors (Lipinski definition) is 2. The van der Waals surface area contributed by atoms with Crippen molar-refractivity contribution in [3.05, 3.63) is 47.4 Å². The van der Waals surface area contributed by atoms with E-state index in [-0.39, 0.29) is 41.3 Å². The molecule has 2 bridgehead atoms. The minimum absolute atomic E-state index is 0.00554. The highest BCUT2D eigenvalue weighted by Crippen LogP contribution is 2.38. The zero-order valence-electron chi connectivity index (χ0n) is 19.5. The van der Waals surface area contributed by atoms with Crippen molar-refractivity contribution < 1.29 is 41.8 Å². The Morgan fingerprint density at radius 2 is 2.03 bits per heavy atom. The SMILES string of the molecule is COCCOC(=O)N1[C@@H]2CC[C@H]1[C@H](C(=O)NO)N(S(=O)(=O)c1ccc(Oc3ccc(Cl)c(F)c3)nc1)C2. The van der Waals surface area contributed by atoms with Crippen molar-refractivity contribution in [2.24, 2.45) is 0 Å². The van der Waals surface area contributed by atoms with Crippen LogP contribution in [0.4, 0.5) is 9.18 Å². The molecular weight excluding hydrogens is 535 g/mol. The number of hydroxylamine groups is 1. The maximum atomic E-state index is 13.7. The van der Waals surface area contributed by atoms with E-state index in [2.05, 4.69) is 4.98 Å². The van der Waals surface area contributed by atoms with Gasteiger partial charge in [0, 0.05) is 31.8 Å². The van der Waals surface area contributed by atoms with E-state index in [9.17, 15) is 27.6 Å². The number of carbonyl (C=O) groups is 2. The summed E-state index contributed by atoms with van der Waals surface area (Å²) < 4.78 is 57.2. The molecule has 0 spiro atoms. The Balaban J connectivity index is 1.56. The summed E-state index contributed by atoms with van der Waals surface area (Å²) >= 11 is 5.66. The van der Waals surface area contributed by atoms with Gasteiger partial charge >= 0.3 is 6.09 Å². The zero-order chi connectivity index (χ0) is 26.7. The molecule has 2 aliphatic heterocycles. The smallest absolute Gasteiger partial charge is 0.410 e. The molecule has 0 radical (unpaired) electrons. The van der Waals surface area contributed by atoms with Crippen molar-refractivity contribution in [3.63, 3.8) is 0 Å². The first-order valence-corrected chi connectivity index (χ1v) is 13.0. The minimum atomic E-state index is -4.30. The molecule has 37 heavy (non-hydrogen) atoms. The summed E-state index contributed by atoms with van der Waals surface area (Å²) in [6.45, 7) is -0.0266. The molecular formula is C22H24ClFN4O8S. The molecule has 3 heterocycles. The number of piperazine rings is 1. The Labute approximate surface area is 216 Å². The molecule has 2 aromatic rings. The Morgan fingerprint density at radius 3 is 2.68 bits per heavy atom. The van der Waals surface area contributed by atoms with Gasteiger partial charge in [0.1, 0.15) is 29.1 Å². The standard InChI is InChI=1S/C22H24ClFN4O8S/c1-34-8-9-35-22(30)28-13-2-6-18(28)20(21(29)26-31)27(12-13)37(32,33)15-4-7-19(25-11-15)36-14-3-5-16(23)17(24)10-14/h3-5,7,10-11,13,18,20,31H,2,6,8-9,12H2,1H3,(H,26,29)/t13-,18+,20-/m1/s1. The fourth-order valence-electron chi connectivity index (χ4n) is 4.48. The molecule has 15 heteroatoms. The van der Waals surface area contributed by atoms with Crippen molar-refractivity contribution in [1.29, 1.82) is 0 Å². The van der Waals surface area contributed by atoms with Crippen LogP contribution in [0, 0.1) is 5.82 Å². The summed E-state index contributed by atoms with van der Waals surface area (Å²) in [4.78, 5) is 30.4. The third-order valence-electron chi connectivity index (χ3n) is 6.14. The zero-order valence-corrected chi connectivity index (χ0v) is 21.1. The number of hydrogen-bond acceptors (Lipinski definition) is 9. The summed E-state index contributed by atoms with van der Waals surface area (Å²) in [6.07, 6.45) is 1.11. The maximum Gasteiger partial charge on any atom is 0.410 e. The van der Waals surface area contributed by atoms with E-state index < -0.39 is 46.0 Å². The number of aromatic nitrogens is 1. The lowest BCUT2D eigenvalue weighted by Crippen LogP contribution is -2.66. The predicted octanol–water partition coefficient (Wildman–Crippen LogP) is 2.16. The molecule has 1 aromatic heterocycles. The average molecular weight is 559 g/mol. The van der Waals surface area contributed by atoms with Crippen LogP contribution >= 0.6 is 11.6 Å². The second-order valence-electron chi connectivity index (χ2n) is 8.32. The number of nitrogens with one attached hydrogen (secondary N) is 1. The van der Waals surface area contributed by atoms with Crippen LogP contribution in [-0.4, -0.2) is 84.8 Å². The van der Waals surface area contributed by atoms with Crippen LogP contribution < -0.4 is 10.2 Å². The first-order chi connectivity index (χ1) is 17.7. The number of benzene rings is 1. The lowest BCUT2D eigenvalue weighted by molar-refractivity contribution is -0.136. The molecule has 2 N–H and O–H groups in total. The highest BCUT2D eigenvalue weighted by molar-refractivity contribution is 7.89. The molecule has 0 unspecified atom stereocenters. The maximum absolute atomic E-state index is 13.7. The summed E-state index contributed by atoms with van der Waals surface area (Å²) in [5.41, 5.74) is 1.51. The van der Waals surface area contributed by atoms with Gasteiger partial charge in [-0.1, -0.05) is 11.6 Å². The minimum Gasteiger partial charge on any atom is -0.447 e. The van der Waals surface area contributed by atoms with Gasteiger partial charge in [-0.3, -0.25) is 14.9 Å². The van der Waals surface area contributed by atoms with Gasteiger partial charge in [-0.15, -0.1) is 0 Å². The summed E-state index contributed by atoms with van der Waals surface area (Å²) in [5.74, 6) is -1.58. The highest BCUT2D eigenvalue weighted by atomic mass is 35.5. The molecule has 1 aromatic carbocycles. The molecule has 12 nitrogen and oxygen atoms in total. The fourth-order valence-corrected chi connectivity index (χ4v) is 6.20. The number of carbonyl (C=O) groups excluding carboxylic acids is 2. The van der Waals surface area contributed by atoms with Gasteiger partial charge in [-0.05, 0) is 31.0 Å². The van der Waals surface area contributed by atoms with E-state index in [1.165, 1.54) is 41.8 Å². The normalized spacial score (nSPS) is 21.5. The van der Waals surface area contributed by atoms with Gasteiger partial charge < -0.3 is 14.2 Å². The summed E-state index contributed by atoms with van der Waals surface area (Å²) in [6, 6.07) is 3.49. The molecule has 200 valence electrons. The number of amides is 2. The third kappa shape index (κ3) is 5.48. The van der Waals surface area contributed by atoms with Gasteiger partial charge in [0.05, 0.1) is 23.9 Å². The van der Waals surface area contributed by atoms with Gasteiger partial charge in [-0.2, -0.15) is 4.31 Å². The highest BCUT2D eigenvalue weighted by Gasteiger charge is 2.55. The number of rotatable bonds is 8. The van der Waals surface area contributed by atoms with Crippen LogP contribution in [0.2, 0.25) is 5.02 Å². The van der Waals surface area contributed by atoms with Crippen molar-refractivity contribution in [3.8, 4) is 11.6 Å². The van der Waals surface area contributed by atoms with E-state index >= 15 is 0 Å². The first-order valence-electron chi connectivity index (χ1n) is 11.2. The number of nitrogens with zero attached hydrogens (tertiary/aromatic N) is 3. The van der Waals surface area contributed by atoms with Crippen molar-refractivity contribution in [2.75, 3.05) is 26.9 Å². The van der Waals surface area contributed by atoms with Gasteiger partial charge in [0.2, 0.25) is 15.9 Å². The second kappa shape index (κ2) is 11.1. The van der Waals surface area contributed by atoms with Crippen LogP contribution in [-0.2, 0) is 24.3 Å². The molecule has 2 saturated heterocycles. The molecule has 3 atom stereocenters. The Bertz CT molecular complexity index is 1270. The summed E-state index contributed by atoms with van der Waals surface area (Å²) in [7, 11) is -2.84. The number of fused-ring (bicyclic) bond motifs is 2. The van der Waals surface area contributed by atoms with Crippen LogP contribution in [0.25, 0.3) is 0 Å². The van der Waals surface area contributed by atoms with Crippen LogP contribution in [0.15, 0.2) is 41.4 Å². The second-order valence-corrected chi connectivity index (χ2v) is 10.6. The van der Waals surface area contributed by atoms with Crippen molar-refractivity contribution in [2.45, 2.75) is 35.9 Å². The fraction of sp³-hybridized carbons (Fsp3) is 0.409. The third-order valence-corrected chi connectivity index (χ3v) is 8.28. The molecule has 2 aliphatic rings. The van der Waals surface area contributed by atoms with Gasteiger partial charge in [-0.25, -0.2) is 28.1 Å². The Kier molecular flexibility index (Phi) is 8.14. The van der Waals surface area contributed by atoms with Crippen LogP contribution in [0.3, 0.4) is 0 Å². The van der Waals surface area contributed by atoms with Crippen molar-refractivity contribution >= 4 is 33.6 Å². The molecule has 0 saturated carbocycles. The topological polar surface area (TPSA) is 148 Å². The van der Waals surface area contributed by atoms with E-state index in [1.807, 2.05) is 0 Å². The van der Waals surface area contributed by atoms with E-state index in [4.69, 9.17) is 25.8 Å². The van der Waals surface area contributed by atoms with Crippen molar-refractivity contribution in [1.82, 2.24) is 19.7 Å². The predicted molar refractivity (Wildman–Crippen MR) is 125 cm³/mol. The number of pyridine rings is 1. The van der Waals surface area contributed by atoms with E-state index in [0.29, 0.717) is 12.8 Å². The molecule has 2 fully saturated rings. The molecule has 0 aliphatic carbocycles. The number of sulfonamides is 1.